The molecule has 0 amide bonds. The molecule has 0 aliphatic heterocycles. The van der Waals surface area contributed by atoms with Crippen LogP contribution in [0.5, 0.6) is 0 Å². The van der Waals surface area contributed by atoms with Gasteiger partial charge in [0.1, 0.15) is 5.82 Å². The molecule has 1 aliphatic rings. The quantitative estimate of drug-likeness (QED) is 0.883. The number of aryl methyl sites for hydroxylation is 1. The van der Waals surface area contributed by atoms with Crippen molar-refractivity contribution in [2.45, 2.75) is 38.9 Å². The molecule has 3 nitrogen and oxygen atoms in total. The zero-order chi connectivity index (χ0) is 13.9. The number of rotatable bonds is 6. The van der Waals surface area contributed by atoms with Crippen LogP contribution < -0.4 is 10.2 Å². The van der Waals surface area contributed by atoms with E-state index in [4.69, 9.17) is 0 Å². The van der Waals surface area contributed by atoms with Crippen molar-refractivity contribution in [3.8, 4) is 0 Å². The van der Waals surface area contributed by atoms with Crippen molar-refractivity contribution in [1.82, 2.24) is 10.3 Å². The number of thiophene rings is 1. The van der Waals surface area contributed by atoms with Gasteiger partial charge in [-0.2, -0.15) is 0 Å². The van der Waals surface area contributed by atoms with E-state index < -0.39 is 0 Å². The average molecular weight is 287 g/mol. The van der Waals surface area contributed by atoms with Gasteiger partial charge in [-0.3, -0.25) is 0 Å². The Labute approximate surface area is 124 Å². The van der Waals surface area contributed by atoms with E-state index in [9.17, 15) is 0 Å². The van der Waals surface area contributed by atoms with Crippen LogP contribution in [-0.4, -0.2) is 18.1 Å². The van der Waals surface area contributed by atoms with E-state index in [2.05, 4.69) is 52.8 Å². The van der Waals surface area contributed by atoms with E-state index >= 15 is 0 Å². The minimum Gasteiger partial charge on any atom is -0.354 e. The summed E-state index contributed by atoms with van der Waals surface area (Å²) in [5.41, 5.74) is 2.53. The standard InChI is InChI=1S/C16H21N3S/c1-12-8-13(9-17-14-5-6-14)10-18-16(12)19(2)11-15-4-3-7-20-15/h3-4,7-8,10,14,17H,5-6,9,11H2,1-2H3. The molecule has 4 heteroatoms. The second-order valence-electron chi connectivity index (χ2n) is 5.57. The maximum Gasteiger partial charge on any atom is 0.131 e. The van der Waals surface area contributed by atoms with Crippen molar-refractivity contribution < 1.29 is 0 Å². The van der Waals surface area contributed by atoms with Gasteiger partial charge in [-0.15, -0.1) is 11.3 Å². The smallest absolute Gasteiger partial charge is 0.131 e. The number of nitrogens with zero attached hydrogens (tertiary/aromatic N) is 2. The van der Waals surface area contributed by atoms with Crippen molar-refractivity contribution in [2.24, 2.45) is 0 Å². The molecule has 0 spiro atoms. The maximum atomic E-state index is 4.65. The molecule has 2 aromatic rings. The molecular weight excluding hydrogens is 266 g/mol. The van der Waals surface area contributed by atoms with Crippen molar-refractivity contribution in [1.29, 1.82) is 0 Å². The van der Waals surface area contributed by atoms with E-state index in [1.54, 1.807) is 11.3 Å². The summed E-state index contributed by atoms with van der Waals surface area (Å²) >= 11 is 1.79. The van der Waals surface area contributed by atoms with Crippen LogP contribution in [0.2, 0.25) is 0 Å². The van der Waals surface area contributed by atoms with Crippen LogP contribution in [0, 0.1) is 6.92 Å². The molecule has 1 fully saturated rings. The molecule has 1 N–H and O–H groups in total. The Hall–Kier alpha value is -1.39. The van der Waals surface area contributed by atoms with Crippen LogP contribution in [0.15, 0.2) is 29.8 Å². The molecule has 0 aromatic carbocycles. The van der Waals surface area contributed by atoms with E-state index in [1.165, 1.54) is 28.8 Å². The number of hydrogen-bond donors (Lipinski definition) is 1. The van der Waals surface area contributed by atoms with Crippen LogP contribution in [-0.2, 0) is 13.1 Å². The van der Waals surface area contributed by atoms with Gasteiger partial charge < -0.3 is 10.2 Å². The summed E-state index contributed by atoms with van der Waals surface area (Å²) in [6.45, 7) is 4.01. The molecule has 0 atom stereocenters. The Morgan fingerprint density at radius 2 is 2.30 bits per heavy atom. The average Bonchev–Trinajstić information content (AvgIpc) is 3.13. The lowest BCUT2D eigenvalue weighted by Gasteiger charge is -2.20. The first-order valence-corrected chi connectivity index (χ1v) is 8.03. The van der Waals surface area contributed by atoms with Crippen LogP contribution in [0.25, 0.3) is 0 Å². The fourth-order valence-electron chi connectivity index (χ4n) is 2.38. The fourth-order valence-corrected chi connectivity index (χ4v) is 3.14. The first-order valence-electron chi connectivity index (χ1n) is 7.15. The molecule has 2 aromatic heterocycles. The first kappa shape index (κ1) is 13.6. The summed E-state index contributed by atoms with van der Waals surface area (Å²) in [5.74, 6) is 1.08. The Morgan fingerprint density at radius 1 is 1.45 bits per heavy atom. The summed E-state index contributed by atoms with van der Waals surface area (Å²) in [5, 5.41) is 5.65. The van der Waals surface area contributed by atoms with E-state index in [0.717, 1.165) is 24.9 Å². The second kappa shape index (κ2) is 5.94. The van der Waals surface area contributed by atoms with E-state index in [1.807, 2.05) is 6.20 Å². The Morgan fingerprint density at radius 3 is 2.95 bits per heavy atom. The number of nitrogens with one attached hydrogen (secondary N) is 1. The van der Waals surface area contributed by atoms with Gasteiger partial charge in [-0.05, 0) is 48.4 Å². The minimum absolute atomic E-state index is 0.747. The Kier molecular flexibility index (Phi) is 4.03. The largest absolute Gasteiger partial charge is 0.354 e. The third-order valence-electron chi connectivity index (χ3n) is 3.61. The van der Waals surface area contributed by atoms with Gasteiger partial charge in [-0.25, -0.2) is 4.98 Å². The topological polar surface area (TPSA) is 28.2 Å². The highest BCUT2D eigenvalue weighted by Gasteiger charge is 2.20. The lowest BCUT2D eigenvalue weighted by Crippen LogP contribution is -2.19. The van der Waals surface area contributed by atoms with Crippen LogP contribution in [0.3, 0.4) is 0 Å². The zero-order valence-electron chi connectivity index (χ0n) is 12.1. The molecule has 1 aliphatic carbocycles. The monoisotopic (exact) mass is 287 g/mol. The van der Waals surface area contributed by atoms with Crippen molar-refractivity contribution in [3.63, 3.8) is 0 Å². The summed E-state index contributed by atoms with van der Waals surface area (Å²) in [6, 6.07) is 7.27. The van der Waals surface area contributed by atoms with Crippen LogP contribution in [0.1, 0.15) is 28.8 Å². The predicted octanol–water partition coefficient (Wildman–Crippen LogP) is 3.34. The predicted molar refractivity (Wildman–Crippen MR) is 85.3 cm³/mol. The molecule has 0 unspecified atom stereocenters. The summed E-state index contributed by atoms with van der Waals surface area (Å²) in [6.07, 6.45) is 4.66. The second-order valence-corrected chi connectivity index (χ2v) is 6.61. The van der Waals surface area contributed by atoms with Crippen molar-refractivity contribution in [3.05, 3.63) is 45.8 Å². The van der Waals surface area contributed by atoms with Gasteiger partial charge in [-0.1, -0.05) is 6.07 Å². The van der Waals surface area contributed by atoms with Crippen molar-refractivity contribution in [2.75, 3.05) is 11.9 Å². The summed E-state index contributed by atoms with van der Waals surface area (Å²) in [4.78, 5) is 8.24. The van der Waals surface area contributed by atoms with Crippen LogP contribution >= 0.6 is 11.3 Å². The number of pyridine rings is 1. The molecule has 0 saturated heterocycles. The number of hydrogen-bond acceptors (Lipinski definition) is 4. The highest BCUT2D eigenvalue weighted by molar-refractivity contribution is 7.09. The third-order valence-corrected chi connectivity index (χ3v) is 4.48. The Bertz CT molecular complexity index is 561. The lowest BCUT2D eigenvalue weighted by atomic mass is 10.2. The van der Waals surface area contributed by atoms with E-state index in [-0.39, 0.29) is 0 Å². The molecular formula is C16H21N3S. The maximum absolute atomic E-state index is 4.65. The summed E-state index contributed by atoms with van der Waals surface area (Å²) < 4.78 is 0. The molecule has 0 bridgehead atoms. The van der Waals surface area contributed by atoms with E-state index in [0.29, 0.717) is 0 Å². The van der Waals surface area contributed by atoms with Gasteiger partial charge >= 0.3 is 0 Å². The van der Waals surface area contributed by atoms with Crippen LogP contribution in [0.4, 0.5) is 5.82 Å². The van der Waals surface area contributed by atoms with Gasteiger partial charge in [0.25, 0.3) is 0 Å². The number of anilines is 1. The molecule has 106 valence electrons. The molecule has 0 radical (unpaired) electrons. The van der Waals surface area contributed by atoms with Crippen molar-refractivity contribution >= 4 is 17.2 Å². The molecule has 1 saturated carbocycles. The SMILES string of the molecule is Cc1cc(CNC2CC2)cnc1N(C)Cc1cccs1. The van der Waals surface area contributed by atoms with Gasteiger partial charge in [0, 0.05) is 30.7 Å². The minimum atomic E-state index is 0.747. The van der Waals surface area contributed by atoms with Gasteiger partial charge in [0.05, 0.1) is 6.54 Å². The zero-order valence-corrected chi connectivity index (χ0v) is 12.9. The van der Waals surface area contributed by atoms with Gasteiger partial charge in [0.15, 0.2) is 0 Å². The highest BCUT2D eigenvalue weighted by Crippen LogP contribution is 2.22. The normalized spacial score (nSPS) is 14.5. The highest BCUT2D eigenvalue weighted by atomic mass is 32.1. The first-order chi connectivity index (χ1) is 9.72. The fraction of sp³-hybridized carbons (Fsp3) is 0.438. The molecule has 2 heterocycles. The molecule has 20 heavy (non-hydrogen) atoms. The summed E-state index contributed by atoms with van der Waals surface area (Å²) in [7, 11) is 2.11. The third kappa shape index (κ3) is 3.38. The lowest BCUT2D eigenvalue weighted by molar-refractivity contribution is 0.685. The number of aromatic nitrogens is 1. The Balaban J connectivity index is 1.66. The molecule has 3 rings (SSSR count). The van der Waals surface area contributed by atoms with Gasteiger partial charge in [0.2, 0.25) is 0 Å².